The Bertz CT molecular complexity index is 986. The number of hydrogen-bond acceptors (Lipinski definition) is 3. The van der Waals surface area contributed by atoms with Crippen molar-refractivity contribution in [1.29, 1.82) is 0 Å². The van der Waals surface area contributed by atoms with E-state index in [1.807, 2.05) is 6.08 Å². The molecule has 0 bridgehead atoms. The third kappa shape index (κ3) is 4.31. The zero-order valence-electron chi connectivity index (χ0n) is 23.7. The van der Waals surface area contributed by atoms with Gasteiger partial charge >= 0.3 is 11.9 Å². The van der Waals surface area contributed by atoms with Crippen molar-refractivity contribution in [2.24, 2.45) is 45.8 Å². The van der Waals surface area contributed by atoms with Gasteiger partial charge in [-0.15, -0.1) is 0 Å². The van der Waals surface area contributed by atoms with Crippen LogP contribution in [0.1, 0.15) is 99.8 Å². The first-order chi connectivity index (χ1) is 16.7. The summed E-state index contributed by atoms with van der Waals surface area (Å²) in [4.78, 5) is 23.0. The molecule has 1 N–H and O–H groups in total. The van der Waals surface area contributed by atoms with E-state index in [1.165, 1.54) is 25.3 Å². The molecule has 3 saturated carbocycles. The number of ether oxygens (including phenoxy) is 1. The molecule has 0 unspecified atom stereocenters. The fourth-order valence-electron chi connectivity index (χ4n) is 9.39. The largest absolute Gasteiger partial charge is 0.478 e. The number of esters is 1. The van der Waals surface area contributed by atoms with Crippen LogP contribution in [-0.4, -0.2) is 23.1 Å². The van der Waals surface area contributed by atoms with Gasteiger partial charge in [0.05, 0.1) is 0 Å². The minimum atomic E-state index is -0.816. The predicted octanol–water partition coefficient (Wildman–Crippen LogP) is 7.75. The summed E-state index contributed by atoms with van der Waals surface area (Å²) in [6, 6.07) is 0. The third-order valence-corrected chi connectivity index (χ3v) is 11.3. The van der Waals surface area contributed by atoms with E-state index in [2.05, 4.69) is 40.7 Å². The Morgan fingerprint density at radius 2 is 1.89 bits per heavy atom. The summed E-state index contributed by atoms with van der Waals surface area (Å²) in [7, 11) is 0. The number of carboxylic acids is 1. The molecule has 3 fully saturated rings. The van der Waals surface area contributed by atoms with Crippen molar-refractivity contribution in [2.75, 3.05) is 0 Å². The molecular formula is C32H48O4. The number of hydrogen-bond donors (Lipinski definition) is 1. The lowest BCUT2D eigenvalue weighted by atomic mass is 9.42. The van der Waals surface area contributed by atoms with Crippen LogP contribution in [0.15, 0.2) is 35.5 Å². The monoisotopic (exact) mass is 496 g/mol. The molecule has 0 amide bonds. The highest BCUT2D eigenvalue weighted by atomic mass is 16.5. The van der Waals surface area contributed by atoms with Crippen molar-refractivity contribution in [1.82, 2.24) is 0 Å². The van der Waals surface area contributed by atoms with Gasteiger partial charge in [-0.25, -0.2) is 4.79 Å². The van der Waals surface area contributed by atoms with E-state index < -0.39 is 5.97 Å². The smallest absolute Gasteiger partial charge is 0.330 e. The molecular weight excluding hydrogens is 448 g/mol. The molecule has 0 aromatic carbocycles. The number of aliphatic carboxylic acids is 1. The summed E-state index contributed by atoms with van der Waals surface area (Å²) in [5.74, 6) is 1.72. The van der Waals surface area contributed by atoms with Gasteiger partial charge in [0.15, 0.2) is 0 Å². The zero-order chi connectivity index (χ0) is 26.6. The van der Waals surface area contributed by atoms with Gasteiger partial charge in [-0.05, 0) is 98.7 Å². The molecule has 0 radical (unpaired) electrons. The Labute approximate surface area is 218 Å². The Balaban J connectivity index is 1.58. The first kappa shape index (κ1) is 27.2. The molecule has 4 nitrogen and oxygen atoms in total. The van der Waals surface area contributed by atoms with Crippen molar-refractivity contribution in [2.45, 2.75) is 106 Å². The van der Waals surface area contributed by atoms with Gasteiger partial charge in [0.25, 0.3) is 0 Å². The highest BCUT2D eigenvalue weighted by Gasteiger charge is 2.62. The molecule has 0 heterocycles. The first-order valence-corrected chi connectivity index (χ1v) is 14.2. The van der Waals surface area contributed by atoms with Crippen LogP contribution in [0.5, 0.6) is 0 Å². The average Bonchev–Trinajstić information content (AvgIpc) is 3.15. The topological polar surface area (TPSA) is 63.6 Å². The molecule has 0 saturated heterocycles. The Hall–Kier alpha value is -1.84. The maximum Gasteiger partial charge on any atom is 0.330 e. The Morgan fingerprint density at radius 3 is 2.53 bits per heavy atom. The molecule has 0 aromatic heterocycles. The van der Waals surface area contributed by atoms with E-state index in [4.69, 9.17) is 11.3 Å². The normalized spacial score (nSPS) is 40.4. The lowest BCUT2D eigenvalue weighted by Crippen LogP contribution is -2.57. The predicted molar refractivity (Wildman–Crippen MR) is 144 cm³/mol. The number of rotatable bonds is 6. The quantitative estimate of drug-likeness (QED) is 0.232. The van der Waals surface area contributed by atoms with Crippen LogP contribution in [-0.2, 0) is 14.3 Å². The minimum absolute atomic E-state index is 0.00586. The fourth-order valence-corrected chi connectivity index (χ4v) is 9.39. The second kappa shape index (κ2) is 9.48. The summed E-state index contributed by atoms with van der Waals surface area (Å²) in [5.41, 5.74) is 3.91. The van der Waals surface area contributed by atoms with Crippen LogP contribution in [0, 0.1) is 45.8 Å². The van der Waals surface area contributed by atoms with E-state index in [1.54, 1.807) is 12.5 Å². The van der Waals surface area contributed by atoms with Gasteiger partial charge in [-0.2, -0.15) is 0 Å². The highest BCUT2D eigenvalue weighted by Crippen LogP contribution is 2.70. The van der Waals surface area contributed by atoms with E-state index in [-0.39, 0.29) is 28.3 Å². The molecule has 200 valence electrons. The van der Waals surface area contributed by atoms with Gasteiger partial charge in [-0.1, -0.05) is 64.5 Å². The highest BCUT2D eigenvalue weighted by molar-refractivity contribution is 5.85. The van der Waals surface area contributed by atoms with Crippen LogP contribution in [0.3, 0.4) is 0 Å². The second-order valence-corrected chi connectivity index (χ2v) is 13.7. The van der Waals surface area contributed by atoms with Gasteiger partial charge in [0, 0.05) is 17.9 Å². The SMILES string of the molecule is C=C1C[C@H]2C(=CC[C@H]3C(C)(C)[C@H](OC(C)=O)CC[C@]23C)[C@]2(C)CC[C@H]([C@H](C)CC/C=C(/C)C(=O)O)[C@@H]12. The van der Waals surface area contributed by atoms with Crippen molar-refractivity contribution in [3.63, 3.8) is 0 Å². The number of allylic oxidation sites excluding steroid dienone is 4. The zero-order valence-corrected chi connectivity index (χ0v) is 23.7. The molecule has 4 aliphatic rings. The maximum absolute atomic E-state index is 11.8. The molecule has 4 rings (SSSR count). The number of carbonyl (C=O) groups is 2. The van der Waals surface area contributed by atoms with Crippen molar-refractivity contribution >= 4 is 11.9 Å². The molecule has 0 aliphatic heterocycles. The molecule has 4 heteroatoms. The summed E-state index contributed by atoms with van der Waals surface area (Å²) >= 11 is 0. The summed E-state index contributed by atoms with van der Waals surface area (Å²) in [6.45, 7) is 20.0. The van der Waals surface area contributed by atoms with E-state index >= 15 is 0 Å². The second-order valence-electron chi connectivity index (χ2n) is 13.7. The van der Waals surface area contributed by atoms with Crippen LogP contribution >= 0.6 is 0 Å². The Morgan fingerprint density at radius 1 is 1.19 bits per heavy atom. The van der Waals surface area contributed by atoms with E-state index in [0.29, 0.717) is 35.2 Å². The molecule has 8 atom stereocenters. The van der Waals surface area contributed by atoms with Crippen molar-refractivity contribution < 1.29 is 19.4 Å². The van der Waals surface area contributed by atoms with E-state index in [9.17, 15) is 14.7 Å². The first-order valence-electron chi connectivity index (χ1n) is 14.2. The van der Waals surface area contributed by atoms with Gasteiger partial charge < -0.3 is 9.84 Å². The number of carboxylic acid groups (broad SMARTS) is 1. The van der Waals surface area contributed by atoms with E-state index in [0.717, 1.165) is 38.5 Å². The lowest BCUT2D eigenvalue weighted by Gasteiger charge is -2.63. The molecule has 36 heavy (non-hydrogen) atoms. The van der Waals surface area contributed by atoms with Crippen LogP contribution in [0.4, 0.5) is 0 Å². The van der Waals surface area contributed by atoms with Gasteiger partial charge in [0.2, 0.25) is 0 Å². The van der Waals surface area contributed by atoms with Crippen molar-refractivity contribution in [3.8, 4) is 0 Å². The molecule has 0 aromatic rings. The fraction of sp³-hybridized carbons (Fsp3) is 0.750. The number of fused-ring (bicyclic) bond motifs is 5. The standard InChI is InChI=1S/C32H48O4/c1-19(10-9-11-20(2)29(34)35)23-14-16-32(8)24-12-13-26-30(5,6)27(36-22(4)33)15-17-31(26,7)25(24)18-21(3)28(23)32/h11-12,19,23,25-28H,3,9-10,13-18H2,1-2,4-8H3,(H,34,35)/b20-11-/t19-,23-,25+,26+,27-,28-,31-,32+/m1/s1. The van der Waals surface area contributed by atoms with Crippen LogP contribution < -0.4 is 0 Å². The maximum atomic E-state index is 11.8. The average molecular weight is 497 g/mol. The number of carbonyl (C=O) groups excluding carboxylic acids is 1. The minimum Gasteiger partial charge on any atom is -0.478 e. The summed E-state index contributed by atoms with van der Waals surface area (Å²) < 4.78 is 5.83. The third-order valence-electron chi connectivity index (χ3n) is 11.3. The Kier molecular flexibility index (Phi) is 7.16. The van der Waals surface area contributed by atoms with Crippen LogP contribution in [0.25, 0.3) is 0 Å². The van der Waals surface area contributed by atoms with Gasteiger partial charge in [0.1, 0.15) is 6.10 Å². The summed E-state index contributed by atoms with van der Waals surface area (Å²) in [5, 5.41) is 9.17. The summed E-state index contributed by atoms with van der Waals surface area (Å²) in [6.07, 6.45) is 13.0. The lowest BCUT2D eigenvalue weighted by molar-refractivity contribution is -0.172. The van der Waals surface area contributed by atoms with Crippen LogP contribution in [0.2, 0.25) is 0 Å². The van der Waals surface area contributed by atoms with Gasteiger partial charge in [-0.3, -0.25) is 4.79 Å². The van der Waals surface area contributed by atoms with Crippen molar-refractivity contribution in [3.05, 3.63) is 35.5 Å². The molecule has 4 aliphatic carbocycles. The molecule has 0 spiro atoms.